The van der Waals surface area contributed by atoms with E-state index < -0.39 is 17.7 Å². The molecule has 8 heteroatoms. The molecule has 0 unspecified atom stereocenters. The molecule has 1 saturated heterocycles. The highest BCUT2D eigenvalue weighted by molar-refractivity contribution is 6.46. The lowest BCUT2D eigenvalue weighted by Crippen LogP contribution is -2.35. The predicted octanol–water partition coefficient (Wildman–Crippen LogP) is 2.02. The molecule has 1 fully saturated rings. The van der Waals surface area contributed by atoms with E-state index in [1.165, 1.54) is 4.90 Å². The fraction of sp³-hybridized carbons (Fsp3) is 0.381. The number of carbonyl (C=O) groups is 2. The van der Waals surface area contributed by atoms with Gasteiger partial charge in [-0.25, -0.2) is 0 Å². The number of H-pyrrole nitrogens is 1. The van der Waals surface area contributed by atoms with Crippen molar-refractivity contribution in [2.45, 2.75) is 19.9 Å². The maximum Gasteiger partial charge on any atom is 0.295 e. The smallest absolute Gasteiger partial charge is 0.295 e. The number of likely N-dealkylation sites (tertiary alicyclic amines) is 1. The molecule has 1 aromatic carbocycles. The number of hydrogen-bond acceptors (Lipinski definition) is 6. The van der Waals surface area contributed by atoms with E-state index in [-0.39, 0.29) is 11.3 Å². The van der Waals surface area contributed by atoms with E-state index in [9.17, 15) is 14.7 Å². The zero-order valence-corrected chi connectivity index (χ0v) is 17.3. The number of aliphatic hydroxyl groups excluding tert-OH is 1. The Hall–Kier alpha value is -3.13. The van der Waals surface area contributed by atoms with Gasteiger partial charge in [0.15, 0.2) is 0 Å². The second-order valence-electron chi connectivity index (χ2n) is 7.38. The van der Waals surface area contributed by atoms with Crippen LogP contribution in [0.3, 0.4) is 0 Å². The van der Waals surface area contributed by atoms with Crippen LogP contribution in [-0.4, -0.2) is 71.1 Å². The molecule has 1 aliphatic heterocycles. The number of aryl methyl sites for hydroxylation is 2. The van der Waals surface area contributed by atoms with Crippen molar-refractivity contribution in [2.24, 2.45) is 0 Å². The third-order valence-electron chi connectivity index (χ3n) is 5.10. The Kier molecular flexibility index (Phi) is 5.74. The number of ether oxygens (including phenoxy) is 1. The van der Waals surface area contributed by atoms with Crippen LogP contribution in [0.1, 0.15) is 28.6 Å². The van der Waals surface area contributed by atoms with E-state index in [0.717, 1.165) is 0 Å². The first-order chi connectivity index (χ1) is 13.8. The van der Waals surface area contributed by atoms with Crippen molar-refractivity contribution in [2.75, 3.05) is 34.3 Å². The summed E-state index contributed by atoms with van der Waals surface area (Å²) in [5.74, 6) is -0.933. The quantitative estimate of drug-likeness (QED) is 0.439. The molecule has 1 aliphatic rings. The number of aromatic nitrogens is 2. The summed E-state index contributed by atoms with van der Waals surface area (Å²) in [6, 6.07) is 6.49. The molecular weight excluding hydrogens is 372 g/mol. The minimum absolute atomic E-state index is 0.0645. The van der Waals surface area contributed by atoms with Crippen molar-refractivity contribution in [1.29, 1.82) is 0 Å². The summed E-state index contributed by atoms with van der Waals surface area (Å²) in [5.41, 5.74) is 2.40. The topological polar surface area (TPSA) is 98.8 Å². The molecule has 154 valence electrons. The highest BCUT2D eigenvalue weighted by Crippen LogP contribution is 2.40. The highest BCUT2D eigenvalue weighted by atomic mass is 16.5. The molecule has 1 amide bonds. The van der Waals surface area contributed by atoms with Crippen molar-refractivity contribution in [3.63, 3.8) is 0 Å². The van der Waals surface area contributed by atoms with Crippen molar-refractivity contribution >= 4 is 17.4 Å². The van der Waals surface area contributed by atoms with Crippen LogP contribution >= 0.6 is 0 Å². The summed E-state index contributed by atoms with van der Waals surface area (Å²) in [4.78, 5) is 29.3. The van der Waals surface area contributed by atoms with Gasteiger partial charge in [0.1, 0.15) is 11.5 Å². The Balaban J connectivity index is 2.20. The maximum atomic E-state index is 13.0. The summed E-state index contributed by atoms with van der Waals surface area (Å²) in [6.07, 6.45) is 0. The molecule has 1 atom stereocenters. The fourth-order valence-electron chi connectivity index (χ4n) is 3.61. The Morgan fingerprint density at radius 3 is 2.62 bits per heavy atom. The monoisotopic (exact) mass is 398 g/mol. The molecule has 3 rings (SSSR count). The number of benzene rings is 1. The molecule has 0 spiro atoms. The Morgan fingerprint density at radius 2 is 2.03 bits per heavy atom. The van der Waals surface area contributed by atoms with Crippen molar-refractivity contribution in [3.8, 4) is 5.75 Å². The van der Waals surface area contributed by atoms with Gasteiger partial charge < -0.3 is 19.6 Å². The first-order valence-corrected chi connectivity index (χ1v) is 9.35. The SMILES string of the molecule is COc1cccc([C@H]2C(=C(O)c3c(C)n[nH]c3C)C(=O)C(=O)N2CCN(C)C)c1. The molecule has 2 N–H and O–H groups in total. The summed E-state index contributed by atoms with van der Waals surface area (Å²) in [5, 5.41) is 18.0. The summed E-state index contributed by atoms with van der Waals surface area (Å²) < 4.78 is 5.32. The van der Waals surface area contributed by atoms with Gasteiger partial charge in [-0.1, -0.05) is 12.1 Å². The number of hydrogen-bond donors (Lipinski definition) is 2. The van der Waals surface area contributed by atoms with E-state index >= 15 is 0 Å². The molecule has 0 saturated carbocycles. The van der Waals surface area contributed by atoms with Crippen molar-refractivity contribution < 1.29 is 19.4 Å². The minimum Gasteiger partial charge on any atom is -0.507 e. The average Bonchev–Trinajstić information content (AvgIpc) is 3.16. The molecule has 8 nitrogen and oxygen atoms in total. The van der Waals surface area contributed by atoms with E-state index in [2.05, 4.69) is 10.2 Å². The van der Waals surface area contributed by atoms with Gasteiger partial charge in [-0.15, -0.1) is 0 Å². The van der Waals surface area contributed by atoms with Gasteiger partial charge in [0, 0.05) is 18.8 Å². The molecule has 2 heterocycles. The number of likely N-dealkylation sites (N-methyl/N-ethyl adjacent to an activating group) is 1. The lowest BCUT2D eigenvalue weighted by Gasteiger charge is -2.26. The number of aliphatic hydroxyl groups is 1. The average molecular weight is 398 g/mol. The standard InChI is InChI=1S/C21H26N4O4/c1-12-16(13(2)23-22-12)19(26)17-18(14-7-6-8-15(11-14)29-5)25(10-9-24(3)4)21(28)20(17)27/h6-8,11,18,26H,9-10H2,1-5H3,(H,22,23)/t18-/m0/s1. The number of carbonyl (C=O) groups excluding carboxylic acids is 2. The fourth-order valence-corrected chi connectivity index (χ4v) is 3.61. The Bertz CT molecular complexity index is 957. The van der Waals surface area contributed by atoms with Gasteiger partial charge >= 0.3 is 0 Å². The van der Waals surface area contributed by atoms with Crippen LogP contribution in [0.15, 0.2) is 29.8 Å². The highest BCUT2D eigenvalue weighted by Gasteiger charge is 2.46. The van der Waals surface area contributed by atoms with Crippen molar-refractivity contribution in [3.05, 3.63) is 52.4 Å². The number of aromatic amines is 1. The first-order valence-electron chi connectivity index (χ1n) is 9.35. The van der Waals surface area contributed by atoms with E-state index in [1.54, 1.807) is 39.2 Å². The zero-order chi connectivity index (χ0) is 21.3. The van der Waals surface area contributed by atoms with Crippen LogP contribution in [-0.2, 0) is 9.59 Å². The molecule has 0 radical (unpaired) electrons. The van der Waals surface area contributed by atoms with Gasteiger partial charge in [-0.3, -0.25) is 14.7 Å². The lowest BCUT2D eigenvalue weighted by atomic mass is 9.94. The maximum absolute atomic E-state index is 13.0. The normalized spacial score (nSPS) is 18.7. The minimum atomic E-state index is -0.709. The van der Waals surface area contributed by atoms with Gasteiger partial charge in [-0.2, -0.15) is 5.10 Å². The molecule has 0 bridgehead atoms. The lowest BCUT2D eigenvalue weighted by molar-refractivity contribution is -0.140. The van der Waals surface area contributed by atoms with Crippen LogP contribution in [0, 0.1) is 13.8 Å². The first kappa shape index (κ1) is 20.6. The largest absolute Gasteiger partial charge is 0.507 e. The number of ketones is 1. The summed E-state index contributed by atoms with van der Waals surface area (Å²) >= 11 is 0. The Morgan fingerprint density at radius 1 is 1.31 bits per heavy atom. The number of amides is 1. The predicted molar refractivity (Wildman–Crippen MR) is 109 cm³/mol. The molecule has 29 heavy (non-hydrogen) atoms. The van der Waals surface area contributed by atoms with E-state index in [4.69, 9.17) is 4.74 Å². The zero-order valence-electron chi connectivity index (χ0n) is 17.3. The second kappa shape index (κ2) is 8.08. The number of Topliss-reactive ketones (excluding diaryl/α,β-unsaturated/α-hetero) is 1. The molecule has 1 aromatic heterocycles. The van der Waals surface area contributed by atoms with Gasteiger partial charge in [0.2, 0.25) is 0 Å². The third kappa shape index (κ3) is 3.75. The van der Waals surface area contributed by atoms with Crippen LogP contribution in [0.25, 0.3) is 5.76 Å². The second-order valence-corrected chi connectivity index (χ2v) is 7.38. The van der Waals surface area contributed by atoms with E-state index in [0.29, 0.717) is 41.4 Å². The van der Waals surface area contributed by atoms with Gasteiger partial charge in [-0.05, 0) is 45.6 Å². The van der Waals surface area contributed by atoms with Gasteiger partial charge in [0.05, 0.1) is 30.0 Å². The Labute approximate surface area is 169 Å². The van der Waals surface area contributed by atoms with E-state index in [1.807, 2.05) is 25.1 Å². The summed E-state index contributed by atoms with van der Waals surface area (Å²) in [6.45, 7) is 4.43. The van der Waals surface area contributed by atoms with Gasteiger partial charge in [0.25, 0.3) is 11.7 Å². The molecular formula is C21H26N4O4. The van der Waals surface area contributed by atoms with Crippen molar-refractivity contribution in [1.82, 2.24) is 20.0 Å². The van der Waals surface area contributed by atoms with Crippen LogP contribution in [0.4, 0.5) is 0 Å². The third-order valence-corrected chi connectivity index (χ3v) is 5.10. The van der Waals surface area contributed by atoms with Crippen LogP contribution < -0.4 is 4.74 Å². The molecule has 0 aliphatic carbocycles. The van der Waals surface area contributed by atoms with Crippen LogP contribution in [0.5, 0.6) is 5.75 Å². The number of nitrogens with one attached hydrogen (secondary N) is 1. The molecule has 2 aromatic rings. The number of methoxy groups -OCH3 is 1. The number of nitrogens with zero attached hydrogens (tertiary/aromatic N) is 3. The number of rotatable bonds is 6. The van der Waals surface area contributed by atoms with Crippen LogP contribution in [0.2, 0.25) is 0 Å². The summed E-state index contributed by atoms with van der Waals surface area (Å²) in [7, 11) is 5.35.